The lowest BCUT2D eigenvalue weighted by atomic mass is 10.1. The van der Waals surface area contributed by atoms with E-state index >= 15 is 0 Å². The molecule has 2 aromatic carbocycles. The molecule has 0 radical (unpaired) electrons. The van der Waals surface area contributed by atoms with E-state index in [4.69, 9.17) is 18.9 Å². The second kappa shape index (κ2) is 10.7. The predicted molar refractivity (Wildman–Crippen MR) is 115 cm³/mol. The fraction of sp³-hybridized carbons (Fsp3) is 0.300. The molecular formula is C20H24N2O9S. The molecule has 1 amide bonds. The molecule has 11 nitrogen and oxygen atoms in total. The van der Waals surface area contributed by atoms with Gasteiger partial charge in [0.15, 0.2) is 11.5 Å². The van der Waals surface area contributed by atoms with E-state index in [1.54, 1.807) is 0 Å². The van der Waals surface area contributed by atoms with Crippen molar-refractivity contribution in [2.45, 2.75) is 11.8 Å². The molecule has 0 heterocycles. The first-order chi connectivity index (χ1) is 15.1. The number of aromatic carboxylic acids is 1. The molecule has 0 atom stereocenters. The van der Waals surface area contributed by atoms with Crippen molar-refractivity contribution in [2.24, 2.45) is 0 Å². The Morgan fingerprint density at radius 1 is 0.938 bits per heavy atom. The summed E-state index contributed by atoms with van der Waals surface area (Å²) in [4.78, 5) is 22.9. The summed E-state index contributed by atoms with van der Waals surface area (Å²) in [7, 11) is -0.0735. The highest BCUT2D eigenvalue weighted by Crippen LogP contribution is 2.35. The molecule has 12 heteroatoms. The average molecular weight is 468 g/mol. The Morgan fingerprint density at radius 2 is 1.62 bits per heavy atom. The molecule has 174 valence electrons. The minimum Gasteiger partial charge on any atom is -0.495 e. The molecule has 0 spiro atoms. The zero-order chi connectivity index (χ0) is 23.9. The standard InChI is InChI=1S/C20H24N2O9S/c1-12(23)21-16-9-13(5-6-17(16)29-3)32(26,27)22-15-11-19(31-8-7-28-2)18(30-4)10-14(15)20(24)25/h5-6,9-11,22H,7-8H2,1-4H3,(H,21,23)(H,24,25). The van der Waals surface area contributed by atoms with E-state index in [1.807, 2.05) is 0 Å². The molecule has 3 N–H and O–H groups in total. The minimum absolute atomic E-state index is 0.110. The summed E-state index contributed by atoms with van der Waals surface area (Å²) in [5.74, 6) is -1.31. The van der Waals surface area contributed by atoms with Gasteiger partial charge in [0.05, 0.1) is 42.7 Å². The van der Waals surface area contributed by atoms with Crippen LogP contribution >= 0.6 is 0 Å². The number of carboxylic acid groups (broad SMARTS) is 1. The summed E-state index contributed by atoms with van der Waals surface area (Å²) in [6.07, 6.45) is 0. The van der Waals surface area contributed by atoms with Gasteiger partial charge in [-0.05, 0) is 18.2 Å². The highest BCUT2D eigenvalue weighted by atomic mass is 32.2. The largest absolute Gasteiger partial charge is 0.495 e. The van der Waals surface area contributed by atoms with E-state index in [2.05, 4.69) is 10.0 Å². The SMILES string of the molecule is COCCOc1cc(NS(=O)(=O)c2ccc(OC)c(NC(C)=O)c2)c(C(=O)O)cc1OC. The predicted octanol–water partition coefficient (Wildman–Crippen LogP) is 2.19. The number of rotatable bonds is 11. The Labute approximate surface area is 185 Å². The minimum atomic E-state index is -4.26. The zero-order valence-corrected chi connectivity index (χ0v) is 18.7. The molecule has 0 aliphatic rings. The van der Waals surface area contributed by atoms with Crippen LogP contribution in [-0.2, 0) is 19.6 Å². The molecule has 2 aromatic rings. The van der Waals surface area contributed by atoms with Crippen molar-refractivity contribution in [1.82, 2.24) is 0 Å². The van der Waals surface area contributed by atoms with Gasteiger partial charge in [0, 0.05) is 26.2 Å². The van der Waals surface area contributed by atoms with Gasteiger partial charge >= 0.3 is 5.97 Å². The van der Waals surface area contributed by atoms with Crippen LogP contribution in [0.4, 0.5) is 11.4 Å². The maximum atomic E-state index is 13.0. The Hall–Kier alpha value is -3.51. The monoisotopic (exact) mass is 468 g/mol. The third-order valence-electron chi connectivity index (χ3n) is 4.12. The first-order valence-corrected chi connectivity index (χ1v) is 10.7. The highest BCUT2D eigenvalue weighted by molar-refractivity contribution is 7.92. The first-order valence-electron chi connectivity index (χ1n) is 9.18. The van der Waals surface area contributed by atoms with Crippen molar-refractivity contribution >= 4 is 33.3 Å². The van der Waals surface area contributed by atoms with Crippen molar-refractivity contribution in [3.8, 4) is 17.2 Å². The van der Waals surface area contributed by atoms with Gasteiger partial charge in [-0.2, -0.15) is 0 Å². The number of hydrogen-bond donors (Lipinski definition) is 3. The lowest BCUT2D eigenvalue weighted by Gasteiger charge is -2.17. The Morgan fingerprint density at radius 3 is 2.19 bits per heavy atom. The Balaban J connectivity index is 2.50. The van der Waals surface area contributed by atoms with Gasteiger partial charge in [-0.1, -0.05) is 0 Å². The average Bonchev–Trinajstić information content (AvgIpc) is 2.73. The molecule has 0 bridgehead atoms. The number of sulfonamides is 1. The van der Waals surface area contributed by atoms with Crippen LogP contribution in [0.2, 0.25) is 0 Å². The van der Waals surface area contributed by atoms with Crippen LogP contribution in [0.5, 0.6) is 17.2 Å². The molecule has 0 aliphatic carbocycles. The number of amides is 1. The zero-order valence-electron chi connectivity index (χ0n) is 17.9. The third kappa shape index (κ3) is 6.02. The molecule has 0 unspecified atom stereocenters. The smallest absolute Gasteiger partial charge is 0.337 e. The molecule has 0 aliphatic heterocycles. The van der Waals surface area contributed by atoms with Gasteiger partial charge in [-0.15, -0.1) is 0 Å². The Kier molecular flexibility index (Phi) is 8.27. The van der Waals surface area contributed by atoms with E-state index in [9.17, 15) is 23.1 Å². The lowest BCUT2D eigenvalue weighted by molar-refractivity contribution is -0.114. The van der Waals surface area contributed by atoms with E-state index in [-0.39, 0.29) is 52.3 Å². The maximum absolute atomic E-state index is 13.0. The van der Waals surface area contributed by atoms with Crippen LogP contribution in [0, 0.1) is 0 Å². The van der Waals surface area contributed by atoms with Crippen LogP contribution in [0.15, 0.2) is 35.2 Å². The van der Waals surface area contributed by atoms with Gasteiger partial charge in [-0.25, -0.2) is 13.2 Å². The number of benzene rings is 2. The number of hydrogen-bond acceptors (Lipinski definition) is 8. The van der Waals surface area contributed by atoms with Crippen molar-refractivity contribution in [3.63, 3.8) is 0 Å². The summed E-state index contributed by atoms with van der Waals surface area (Å²) >= 11 is 0. The van der Waals surface area contributed by atoms with Crippen LogP contribution in [-0.4, -0.2) is 59.9 Å². The lowest BCUT2D eigenvalue weighted by Crippen LogP contribution is -2.17. The molecule has 0 saturated heterocycles. The summed E-state index contributed by atoms with van der Waals surface area (Å²) < 4.78 is 48.9. The van der Waals surface area contributed by atoms with Crippen molar-refractivity contribution in [1.29, 1.82) is 0 Å². The third-order valence-corrected chi connectivity index (χ3v) is 5.48. The van der Waals surface area contributed by atoms with Crippen molar-refractivity contribution in [3.05, 3.63) is 35.9 Å². The van der Waals surface area contributed by atoms with E-state index in [0.717, 1.165) is 6.07 Å². The van der Waals surface area contributed by atoms with Crippen LogP contribution in [0.3, 0.4) is 0 Å². The van der Waals surface area contributed by atoms with Gasteiger partial charge < -0.3 is 29.4 Å². The van der Waals surface area contributed by atoms with Crippen LogP contribution in [0.1, 0.15) is 17.3 Å². The quantitative estimate of drug-likeness (QED) is 0.422. The Bertz CT molecular complexity index is 1100. The number of carbonyl (C=O) groups is 2. The highest BCUT2D eigenvalue weighted by Gasteiger charge is 2.23. The van der Waals surface area contributed by atoms with Gasteiger partial charge in [0.1, 0.15) is 12.4 Å². The maximum Gasteiger partial charge on any atom is 0.337 e. The van der Waals surface area contributed by atoms with Crippen LogP contribution in [0.25, 0.3) is 0 Å². The van der Waals surface area contributed by atoms with E-state index in [0.29, 0.717) is 0 Å². The summed E-state index contributed by atoms with van der Waals surface area (Å²) in [5, 5.41) is 12.0. The second-order valence-electron chi connectivity index (χ2n) is 6.34. The number of methoxy groups -OCH3 is 3. The first kappa shape index (κ1) is 24.8. The normalized spacial score (nSPS) is 10.9. The fourth-order valence-electron chi connectivity index (χ4n) is 2.67. The van der Waals surface area contributed by atoms with Gasteiger partial charge in [-0.3, -0.25) is 9.52 Å². The molecule has 0 fully saturated rings. The van der Waals surface area contributed by atoms with E-state index in [1.165, 1.54) is 52.5 Å². The number of ether oxygens (including phenoxy) is 4. The number of anilines is 2. The number of nitrogens with one attached hydrogen (secondary N) is 2. The molecule has 0 aromatic heterocycles. The number of carboxylic acids is 1. The van der Waals surface area contributed by atoms with Crippen molar-refractivity contribution in [2.75, 3.05) is 44.6 Å². The molecule has 2 rings (SSSR count). The second-order valence-corrected chi connectivity index (χ2v) is 8.03. The summed E-state index contributed by atoms with van der Waals surface area (Å²) in [6, 6.07) is 6.19. The molecular weight excluding hydrogens is 444 g/mol. The topological polar surface area (TPSA) is 149 Å². The van der Waals surface area contributed by atoms with Crippen LogP contribution < -0.4 is 24.2 Å². The van der Waals surface area contributed by atoms with Gasteiger partial charge in [0.2, 0.25) is 5.91 Å². The summed E-state index contributed by atoms with van der Waals surface area (Å²) in [5.41, 5.74) is -0.442. The van der Waals surface area contributed by atoms with Crippen molar-refractivity contribution < 1.29 is 42.1 Å². The number of carbonyl (C=O) groups excluding carboxylic acids is 1. The molecule has 32 heavy (non-hydrogen) atoms. The fourth-order valence-corrected chi connectivity index (χ4v) is 3.77. The molecule has 0 saturated carbocycles. The summed E-state index contributed by atoms with van der Waals surface area (Å²) in [6.45, 7) is 1.65. The van der Waals surface area contributed by atoms with E-state index < -0.39 is 21.9 Å². The van der Waals surface area contributed by atoms with Gasteiger partial charge in [0.25, 0.3) is 10.0 Å².